The van der Waals surface area contributed by atoms with Crippen LogP contribution in [0.1, 0.15) is 20.8 Å². The van der Waals surface area contributed by atoms with Crippen LogP contribution in [0.5, 0.6) is 0 Å². The van der Waals surface area contributed by atoms with E-state index in [4.69, 9.17) is 10.4 Å². The van der Waals surface area contributed by atoms with Gasteiger partial charge >= 0.3 is 5.97 Å². The van der Waals surface area contributed by atoms with E-state index in [-0.39, 0.29) is 4.88 Å². The molecule has 0 saturated heterocycles. The van der Waals surface area contributed by atoms with E-state index in [0.717, 1.165) is 11.3 Å². The third kappa shape index (κ3) is 1.23. The van der Waals surface area contributed by atoms with Crippen molar-refractivity contribution in [1.82, 2.24) is 0 Å². The van der Waals surface area contributed by atoms with Gasteiger partial charge in [0.1, 0.15) is 10.9 Å². The maximum atomic E-state index is 10.5. The predicted octanol–water partition coefficient (Wildman–Crippen LogP) is 1.63. The van der Waals surface area contributed by atoms with Crippen LogP contribution < -0.4 is 0 Å². The van der Waals surface area contributed by atoms with Crippen molar-refractivity contribution in [3.05, 3.63) is 21.4 Å². The van der Waals surface area contributed by atoms with Crippen molar-refractivity contribution in [3.8, 4) is 6.07 Å². The zero-order valence-electron chi connectivity index (χ0n) is 5.79. The highest BCUT2D eigenvalue weighted by Crippen LogP contribution is 2.20. The maximum absolute atomic E-state index is 10.5. The number of rotatable bonds is 1. The number of carboxylic acid groups (broad SMARTS) is 1. The molecule has 1 rings (SSSR count). The number of aromatic carboxylic acids is 1. The molecule has 0 saturated carbocycles. The van der Waals surface area contributed by atoms with E-state index < -0.39 is 5.97 Å². The highest BCUT2D eigenvalue weighted by atomic mass is 32.1. The minimum atomic E-state index is -0.964. The number of carbonyl (C=O) groups is 1. The van der Waals surface area contributed by atoms with Crippen LogP contribution in [0.4, 0.5) is 0 Å². The molecule has 0 radical (unpaired) electrons. The van der Waals surface area contributed by atoms with E-state index in [2.05, 4.69) is 0 Å². The minimum Gasteiger partial charge on any atom is -0.477 e. The molecule has 0 bridgehead atoms. The van der Waals surface area contributed by atoms with Crippen molar-refractivity contribution in [2.24, 2.45) is 0 Å². The number of hydrogen-bond donors (Lipinski definition) is 1. The van der Waals surface area contributed by atoms with Gasteiger partial charge in [-0.2, -0.15) is 5.26 Å². The molecular weight excluding hydrogens is 162 g/mol. The summed E-state index contributed by atoms with van der Waals surface area (Å²) in [4.78, 5) is 10.7. The molecule has 1 N–H and O–H groups in total. The Balaban J connectivity index is 3.24. The maximum Gasteiger partial charge on any atom is 0.346 e. The van der Waals surface area contributed by atoms with Crippen LogP contribution >= 0.6 is 11.3 Å². The molecule has 0 spiro atoms. The molecule has 0 aliphatic carbocycles. The van der Waals surface area contributed by atoms with Crippen molar-refractivity contribution in [3.63, 3.8) is 0 Å². The summed E-state index contributed by atoms with van der Waals surface area (Å²) >= 11 is 1.09. The highest BCUT2D eigenvalue weighted by molar-refractivity contribution is 7.12. The summed E-state index contributed by atoms with van der Waals surface area (Å²) in [6, 6.07) is 1.92. The predicted molar refractivity (Wildman–Crippen MR) is 40.7 cm³/mol. The van der Waals surface area contributed by atoms with E-state index in [9.17, 15) is 4.79 Å². The zero-order valence-corrected chi connectivity index (χ0v) is 6.60. The van der Waals surface area contributed by atoms with Crippen LogP contribution in [0, 0.1) is 18.3 Å². The first-order valence-corrected chi connectivity index (χ1v) is 3.76. The molecule has 56 valence electrons. The average Bonchev–Trinajstić information content (AvgIpc) is 2.30. The van der Waals surface area contributed by atoms with Crippen molar-refractivity contribution in [2.45, 2.75) is 6.92 Å². The Kier molecular flexibility index (Phi) is 1.92. The summed E-state index contributed by atoms with van der Waals surface area (Å²) < 4.78 is 0. The third-order valence-electron chi connectivity index (χ3n) is 1.35. The number of hydrogen-bond acceptors (Lipinski definition) is 3. The zero-order chi connectivity index (χ0) is 8.43. The summed E-state index contributed by atoms with van der Waals surface area (Å²) in [5, 5.41) is 18.6. The lowest BCUT2D eigenvalue weighted by atomic mass is 10.2. The topological polar surface area (TPSA) is 61.1 Å². The van der Waals surface area contributed by atoms with Crippen molar-refractivity contribution >= 4 is 17.3 Å². The van der Waals surface area contributed by atoms with E-state index in [1.165, 1.54) is 0 Å². The fourth-order valence-corrected chi connectivity index (χ4v) is 1.59. The second-order valence-electron chi connectivity index (χ2n) is 2.02. The Hall–Kier alpha value is -1.34. The normalized spacial score (nSPS) is 9.09. The largest absolute Gasteiger partial charge is 0.477 e. The first kappa shape index (κ1) is 7.76. The summed E-state index contributed by atoms with van der Waals surface area (Å²) in [5.74, 6) is -0.964. The molecule has 11 heavy (non-hydrogen) atoms. The molecular formula is C7H5NO2S. The number of thiophene rings is 1. The first-order chi connectivity index (χ1) is 5.16. The van der Waals surface area contributed by atoms with Gasteiger partial charge in [0.05, 0.1) is 5.56 Å². The highest BCUT2D eigenvalue weighted by Gasteiger charge is 2.12. The SMILES string of the molecule is Cc1c(C#N)csc1C(=O)O. The van der Waals surface area contributed by atoms with Crippen LogP contribution in [0.25, 0.3) is 0 Å². The molecule has 0 aliphatic rings. The second kappa shape index (κ2) is 2.72. The van der Waals surface area contributed by atoms with Gasteiger partial charge in [-0.05, 0) is 12.5 Å². The lowest BCUT2D eigenvalue weighted by molar-refractivity contribution is 0.0701. The molecule has 1 aromatic heterocycles. The van der Waals surface area contributed by atoms with E-state index in [1.54, 1.807) is 12.3 Å². The van der Waals surface area contributed by atoms with Crippen molar-refractivity contribution in [2.75, 3.05) is 0 Å². The van der Waals surface area contributed by atoms with E-state index >= 15 is 0 Å². The summed E-state index contributed by atoms with van der Waals surface area (Å²) in [5.41, 5.74) is 1.01. The second-order valence-corrected chi connectivity index (χ2v) is 2.90. The van der Waals surface area contributed by atoms with Gasteiger partial charge < -0.3 is 5.11 Å². The summed E-state index contributed by atoms with van der Waals surface area (Å²) in [7, 11) is 0. The molecule has 0 atom stereocenters. The Morgan fingerprint density at radius 2 is 2.45 bits per heavy atom. The minimum absolute atomic E-state index is 0.251. The number of nitrogens with zero attached hydrogens (tertiary/aromatic N) is 1. The monoisotopic (exact) mass is 167 g/mol. The van der Waals surface area contributed by atoms with Gasteiger partial charge in [-0.1, -0.05) is 0 Å². The van der Waals surface area contributed by atoms with Gasteiger partial charge in [0.2, 0.25) is 0 Å². The Morgan fingerprint density at radius 3 is 2.73 bits per heavy atom. The smallest absolute Gasteiger partial charge is 0.346 e. The molecule has 1 aromatic rings. The van der Waals surface area contributed by atoms with Crippen LogP contribution in [-0.2, 0) is 0 Å². The fraction of sp³-hybridized carbons (Fsp3) is 0.143. The molecule has 0 amide bonds. The Morgan fingerprint density at radius 1 is 1.82 bits per heavy atom. The van der Waals surface area contributed by atoms with Crippen LogP contribution in [-0.4, -0.2) is 11.1 Å². The van der Waals surface area contributed by atoms with Gasteiger partial charge in [0.15, 0.2) is 0 Å². The van der Waals surface area contributed by atoms with Gasteiger partial charge in [-0.25, -0.2) is 4.79 Å². The summed E-state index contributed by atoms with van der Waals surface area (Å²) in [6.07, 6.45) is 0. The van der Waals surface area contributed by atoms with Crippen LogP contribution in [0.15, 0.2) is 5.38 Å². The number of carboxylic acids is 1. The fourth-order valence-electron chi connectivity index (χ4n) is 0.738. The van der Waals surface area contributed by atoms with Gasteiger partial charge in [0.25, 0.3) is 0 Å². The van der Waals surface area contributed by atoms with Crippen LogP contribution in [0.3, 0.4) is 0 Å². The van der Waals surface area contributed by atoms with Gasteiger partial charge in [-0.15, -0.1) is 11.3 Å². The third-order valence-corrected chi connectivity index (χ3v) is 2.42. The van der Waals surface area contributed by atoms with Crippen LogP contribution in [0.2, 0.25) is 0 Å². The molecule has 0 unspecified atom stereocenters. The lowest BCUT2D eigenvalue weighted by Crippen LogP contribution is -1.94. The summed E-state index contributed by atoms with van der Waals surface area (Å²) in [6.45, 7) is 1.64. The molecule has 0 fully saturated rings. The Labute approximate surface area is 67.5 Å². The van der Waals surface area contributed by atoms with Crippen molar-refractivity contribution < 1.29 is 9.90 Å². The van der Waals surface area contributed by atoms with E-state index in [1.807, 2.05) is 6.07 Å². The molecule has 4 heteroatoms. The standard InChI is InChI=1S/C7H5NO2S/c1-4-5(2-8)3-11-6(4)7(9)10/h3H,1H3,(H,9,10). The quantitative estimate of drug-likeness (QED) is 0.691. The lowest BCUT2D eigenvalue weighted by Gasteiger charge is -1.88. The van der Waals surface area contributed by atoms with Gasteiger partial charge in [0, 0.05) is 5.38 Å². The number of nitriles is 1. The van der Waals surface area contributed by atoms with Gasteiger partial charge in [-0.3, -0.25) is 0 Å². The average molecular weight is 167 g/mol. The first-order valence-electron chi connectivity index (χ1n) is 2.88. The molecule has 3 nitrogen and oxygen atoms in total. The molecule has 0 aliphatic heterocycles. The Bertz CT molecular complexity index is 335. The van der Waals surface area contributed by atoms with E-state index in [0.29, 0.717) is 11.1 Å². The van der Waals surface area contributed by atoms with Crippen molar-refractivity contribution in [1.29, 1.82) is 5.26 Å². The molecule has 0 aromatic carbocycles. The molecule has 1 heterocycles.